The molecule has 118 valence electrons. The van der Waals surface area contributed by atoms with Crippen LogP contribution in [-0.2, 0) is 19.9 Å². The number of ether oxygens (including phenoxy) is 1. The topological polar surface area (TPSA) is 80.8 Å². The third-order valence-corrected chi connectivity index (χ3v) is 7.83. The van der Waals surface area contributed by atoms with Gasteiger partial charge in [-0.2, -0.15) is 4.31 Å². The number of hydrogen-bond donors (Lipinski definition) is 0. The number of benzene rings is 1. The Morgan fingerprint density at radius 3 is 2.38 bits per heavy atom. The third-order valence-electron chi connectivity index (χ3n) is 3.74. The molecule has 1 aliphatic rings. The van der Waals surface area contributed by atoms with Crippen LogP contribution in [0.3, 0.4) is 0 Å². The molecule has 0 radical (unpaired) electrons. The van der Waals surface area contributed by atoms with Gasteiger partial charge in [0, 0.05) is 24.9 Å². The molecule has 1 aromatic carbocycles. The summed E-state index contributed by atoms with van der Waals surface area (Å²) < 4.78 is 54.8. The van der Waals surface area contributed by atoms with Crippen LogP contribution >= 0.6 is 0 Å². The van der Waals surface area contributed by atoms with Crippen molar-refractivity contribution in [1.82, 2.24) is 4.31 Å². The molecule has 6 nitrogen and oxygen atoms in total. The van der Waals surface area contributed by atoms with Gasteiger partial charge >= 0.3 is 0 Å². The average molecular weight is 333 g/mol. The van der Waals surface area contributed by atoms with Crippen LogP contribution in [0.4, 0.5) is 0 Å². The van der Waals surface area contributed by atoms with Crippen molar-refractivity contribution in [3.63, 3.8) is 0 Å². The maximum atomic E-state index is 12.5. The summed E-state index contributed by atoms with van der Waals surface area (Å²) in [5.41, 5.74) is 0.609. The first-order chi connectivity index (χ1) is 9.72. The summed E-state index contributed by atoms with van der Waals surface area (Å²) in [7, 11) is -5.40. The van der Waals surface area contributed by atoms with Gasteiger partial charge in [-0.15, -0.1) is 0 Å². The van der Waals surface area contributed by atoms with E-state index in [4.69, 9.17) is 4.74 Å². The van der Waals surface area contributed by atoms with Crippen molar-refractivity contribution < 1.29 is 21.6 Å². The molecule has 1 aliphatic heterocycles. The van der Waals surface area contributed by atoms with E-state index in [-0.39, 0.29) is 23.7 Å². The van der Waals surface area contributed by atoms with Crippen LogP contribution in [0, 0.1) is 6.92 Å². The van der Waals surface area contributed by atoms with Gasteiger partial charge in [0.05, 0.1) is 17.3 Å². The summed E-state index contributed by atoms with van der Waals surface area (Å²) in [5.74, 6) is 0.487. The van der Waals surface area contributed by atoms with Gasteiger partial charge in [0.2, 0.25) is 10.0 Å². The van der Waals surface area contributed by atoms with Crippen molar-refractivity contribution in [1.29, 1.82) is 0 Å². The van der Waals surface area contributed by atoms with E-state index in [0.29, 0.717) is 11.3 Å². The minimum Gasteiger partial charge on any atom is -0.497 e. The summed E-state index contributed by atoms with van der Waals surface area (Å²) in [6.45, 7) is 3.31. The second-order valence-corrected chi connectivity index (χ2v) is 9.50. The van der Waals surface area contributed by atoms with Crippen LogP contribution in [0.15, 0.2) is 23.1 Å². The molecule has 0 aliphatic carbocycles. The Kier molecular flexibility index (Phi) is 4.32. The van der Waals surface area contributed by atoms with Crippen LogP contribution in [-0.4, -0.2) is 52.3 Å². The van der Waals surface area contributed by atoms with E-state index in [9.17, 15) is 16.8 Å². The number of aryl methyl sites for hydroxylation is 1. The molecule has 0 N–H and O–H groups in total. The summed E-state index contributed by atoms with van der Waals surface area (Å²) in [4.78, 5) is 0.161. The zero-order chi connectivity index (χ0) is 15.8. The normalized spacial score (nSPS) is 17.5. The van der Waals surface area contributed by atoms with Gasteiger partial charge in [0.15, 0.2) is 9.84 Å². The van der Waals surface area contributed by atoms with Gasteiger partial charge in [-0.3, -0.25) is 0 Å². The fourth-order valence-electron chi connectivity index (χ4n) is 2.18. The summed E-state index contributed by atoms with van der Waals surface area (Å²) >= 11 is 0. The summed E-state index contributed by atoms with van der Waals surface area (Å²) in [6, 6.07) is 4.83. The lowest BCUT2D eigenvalue weighted by atomic mass is 10.2. The molecule has 0 spiro atoms. The first kappa shape index (κ1) is 16.3. The molecule has 8 heteroatoms. The fraction of sp³-hybridized carbons (Fsp3) is 0.538. The number of sulfonamides is 1. The van der Waals surface area contributed by atoms with Gasteiger partial charge < -0.3 is 4.74 Å². The Hall–Kier alpha value is -1.12. The van der Waals surface area contributed by atoms with Crippen molar-refractivity contribution in [2.24, 2.45) is 0 Å². The van der Waals surface area contributed by atoms with E-state index >= 15 is 0 Å². The molecule has 0 atom stereocenters. The third kappa shape index (κ3) is 2.93. The van der Waals surface area contributed by atoms with E-state index in [1.165, 1.54) is 17.5 Å². The minimum absolute atomic E-state index is 0.0230. The molecule has 21 heavy (non-hydrogen) atoms. The van der Waals surface area contributed by atoms with E-state index in [2.05, 4.69) is 0 Å². The van der Waals surface area contributed by atoms with Crippen LogP contribution in [0.1, 0.15) is 12.5 Å². The highest BCUT2D eigenvalue weighted by atomic mass is 32.2. The van der Waals surface area contributed by atoms with E-state index in [1.54, 1.807) is 26.0 Å². The molecule has 1 saturated heterocycles. The number of rotatable bonds is 5. The zero-order valence-electron chi connectivity index (χ0n) is 12.2. The zero-order valence-corrected chi connectivity index (χ0v) is 13.9. The highest BCUT2D eigenvalue weighted by molar-refractivity contribution is 7.92. The molecule has 1 aromatic rings. The van der Waals surface area contributed by atoms with E-state index in [1.807, 2.05) is 0 Å². The summed E-state index contributed by atoms with van der Waals surface area (Å²) in [5, 5.41) is -0.594. The van der Waals surface area contributed by atoms with Crippen LogP contribution in [0.2, 0.25) is 0 Å². The van der Waals surface area contributed by atoms with E-state index < -0.39 is 25.1 Å². The molecule has 1 fully saturated rings. The molecular formula is C13H19NO5S2. The molecular weight excluding hydrogens is 314 g/mol. The van der Waals surface area contributed by atoms with Crippen molar-refractivity contribution in [3.05, 3.63) is 23.8 Å². The maximum Gasteiger partial charge on any atom is 0.243 e. The van der Waals surface area contributed by atoms with Crippen molar-refractivity contribution in [3.8, 4) is 5.75 Å². The number of methoxy groups -OCH3 is 1. The highest BCUT2D eigenvalue weighted by Gasteiger charge is 2.43. The Balaban J connectivity index is 2.26. The lowest BCUT2D eigenvalue weighted by molar-refractivity contribution is 0.309. The first-order valence-electron chi connectivity index (χ1n) is 6.58. The quantitative estimate of drug-likeness (QED) is 0.796. The Morgan fingerprint density at radius 2 is 1.86 bits per heavy atom. The predicted molar refractivity (Wildman–Crippen MR) is 79.7 cm³/mol. The first-order valence-corrected chi connectivity index (χ1v) is 9.74. The molecule has 1 heterocycles. The molecule has 0 aromatic heterocycles. The molecule has 0 saturated carbocycles. The minimum atomic E-state index is -3.68. The van der Waals surface area contributed by atoms with Crippen molar-refractivity contribution >= 4 is 19.9 Å². The Bertz CT molecular complexity index is 734. The monoisotopic (exact) mass is 333 g/mol. The largest absolute Gasteiger partial charge is 0.497 e. The van der Waals surface area contributed by atoms with Gasteiger partial charge in [0.25, 0.3) is 0 Å². The van der Waals surface area contributed by atoms with Crippen molar-refractivity contribution in [2.75, 3.05) is 26.0 Å². The van der Waals surface area contributed by atoms with Crippen LogP contribution in [0.25, 0.3) is 0 Å². The fourth-order valence-corrected chi connectivity index (χ4v) is 5.43. The SMILES string of the molecule is CCS(=O)(=O)C1CN(S(=O)(=O)c2cc(OC)ccc2C)C1. The Morgan fingerprint density at radius 1 is 1.24 bits per heavy atom. The predicted octanol–water partition coefficient (Wildman–Crippen LogP) is 0.811. The lowest BCUT2D eigenvalue weighted by Crippen LogP contribution is -2.57. The molecule has 2 rings (SSSR count). The number of hydrogen-bond acceptors (Lipinski definition) is 5. The molecule has 0 amide bonds. The summed E-state index contributed by atoms with van der Waals surface area (Å²) in [6.07, 6.45) is 0. The highest BCUT2D eigenvalue weighted by Crippen LogP contribution is 2.29. The molecule has 0 unspecified atom stereocenters. The second kappa shape index (κ2) is 5.58. The van der Waals surface area contributed by atoms with Gasteiger partial charge in [0.1, 0.15) is 5.75 Å². The van der Waals surface area contributed by atoms with Gasteiger partial charge in [-0.25, -0.2) is 16.8 Å². The second-order valence-electron chi connectivity index (χ2n) is 5.03. The lowest BCUT2D eigenvalue weighted by Gasteiger charge is -2.37. The molecule has 0 bridgehead atoms. The number of nitrogens with zero attached hydrogens (tertiary/aromatic N) is 1. The Labute approximate surface area is 125 Å². The number of sulfone groups is 1. The van der Waals surface area contributed by atoms with Gasteiger partial charge in [-0.1, -0.05) is 13.0 Å². The maximum absolute atomic E-state index is 12.5. The standard InChI is InChI=1S/C13H19NO5S2/c1-4-20(15,16)12-8-14(9-12)21(17,18)13-7-11(19-3)6-5-10(13)2/h5-7,12H,4,8-9H2,1-3H3. The van der Waals surface area contributed by atoms with Crippen LogP contribution in [0.5, 0.6) is 5.75 Å². The van der Waals surface area contributed by atoms with Crippen molar-refractivity contribution in [2.45, 2.75) is 24.0 Å². The smallest absolute Gasteiger partial charge is 0.243 e. The van der Waals surface area contributed by atoms with Gasteiger partial charge in [-0.05, 0) is 18.6 Å². The average Bonchev–Trinajstić information content (AvgIpc) is 2.36. The van der Waals surface area contributed by atoms with Crippen LogP contribution < -0.4 is 4.74 Å². The van der Waals surface area contributed by atoms with E-state index in [0.717, 1.165) is 0 Å².